The first-order valence-electron chi connectivity index (χ1n) is 4.96. The van der Waals surface area contributed by atoms with Crippen LogP contribution in [-0.4, -0.2) is 31.2 Å². The molecule has 0 spiro atoms. The molecule has 0 saturated heterocycles. The maximum absolute atomic E-state index is 9.78. The molecule has 0 aliphatic heterocycles. The van der Waals surface area contributed by atoms with E-state index in [2.05, 4.69) is 10.2 Å². The van der Waals surface area contributed by atoms with Crippen LogP contribution in [0.25, 0.3) is 0 Å². The highest BCUT2D eigenvalue weighted by Crippen LogP contribution is 2.32. The van der Waals surface area contributed by atoms with E-state index in [0.29, 0.717) is 5.25 Å². The van der Waals surface area contributed by atoms with Gasteiger partial charge in [-0.15, -0.1) is 10.2 Å². The van der Waals surface area contributed by atoms with Crippen molar-refractivity contribution >= 4 is 11.8 Å². The first-order chi connectivity index (χ1) is 6.77. The molecule has 0 radical (unpaired) electrons. The molecule has 1 aliphatic carbocycles. The summed E-state index contributed by atoms with van der Waals surface area (Å²) >= 11 is 1.65. The molecule has 14 heavy (non-hydrogen) atoms. The van der Waals surface area contributed by atoms with Crippen LogP contribution in [0.1, 0.15) is 25.7 Å². The van der Waals surface area contributed by atoms with Crippen LogP contribution < -0.4 is 0 Å². The molecule has 1 aromatic rings. The Morgan fingerprint density at radius 1 is 1.50 bits per heavy atom. The zero-order valence-corrected chi connectivity index (χ0v) is 9.07. The average Bonchev–Trinajstić information content (AvgIpc) is 2.56. The smallest absolute Gasteiger partial charge is 0.191 e. The third kappa shape index (κ3) is 2.09. The Morgan fingerprint density at radius 2 is 2.29 bits per heavy atom. The van der Waals surface area contributed by atoms with Gasteiger partial charge in [-0.25, -0.2) is 0 Å². The molecule has 1 aliphatic rings. The van der Waals surface area contributed by atoms with E-state index in [1.54, 1.807) is 18.1 Å². The van der Waals surface area contributed by atoms with Crippen molar-refractivity contribution in [3.8, 4) is 0 Å². The summed E-state index contributed by atoms with van der Waals surface area (Å²) in [5.41, 5.74) is 0. The molecule has 78 valence electrons. The number of thioether (sulfide) groups is 1. The van der Waals surface area contributed by atoms with Gasteiger partial charge in [-0.2, -0.15) is 0 Å². The van der Waals surface area contributed by atoms with Crippen LogP contribution in [0.3, 0.4) is 0 Å². The van der Waals surface area contributed by atoms with Crippen molar-refractivity contribution in [3.63, 3.8) is 0 Å². The van der Waals surface area contributed by atoms with E-state index in [4.69, 9.17) is 0 Å². The maximum Gasteiger partial charge on any atom is 0.191 e. The van der Waals surface area contributed by atoms with Gasteiger partial charge in [0, 0.05) is 12.3 Å². The van der Waals surface area contributed by atoms with E-state index in [1.165, 1.54) is 6.42 Å². The predicted molar refractivity (Wildman–Crippen MR) is 55.1 cm³/mol. The summed E-state index contributed by atoms with van der Waals surface area (Å²) in [7, 11) is 1.93. The van der Waals surface area contributed by atoms with Crippen molar-refractivity contribution in [1.29, 1.82) is 0 Å². The molecule has 1 fully saturated rings. The summed E-state index contributed by atoms with van der Waals surface area (Å²) in [5.74, 6) is 0. The van der Waals surface area contributed by atoms with Gasteiger partial charge in [-0.1, -0.05) is 24.6 Å². The maximum atomic E-state index is 9.78. The Hall–Kier alpha value is -0.550. The number of nitrogens with zero attached hydrogens (tertiary/aromatic N) is 3. The molecule has 1 saturated carbocycles. The van der Waals surface area contributed by atoms with E-state index >= 15 is 0 Å². The Morgan fingerprint density at radius 3 is 2.93 bits per heavy atom. The minimum atomic E-state index is -0.176. The number of aromatic nitrogens is 3. The third-order valence-corrected chi connectivity index (χ3v) is 4.03. The zero-order chi connectivity index (χ0) is 9.97. The van der Waals surface area contributed by atoms with Gasteiger partial charge in [0.2, 0.25) is 0 Å². The lowest BCUT2D eigenvalue weighted by Gasteiger charge is -2.26. The highest BCUT2D eigenvalue weighted by atomic mass is 32.2. The van der Waals surface area contributed by atoms with Crippen molar-refractivity contribution in [2.75, 3.05) is 0 Å². The number of aryl methyl sites for hydroxylation is 1. The minimum Gasteiger partial charge on any atom is -0.392 e. The van der Waals surface area contributed by atoms with Crippen molar-refractivity contribution in [3.05, 3.63) is 6.33 Å². The van der Waals surface area contributed by atoms with Gasteiger partial charge in [0.1, 0.15) is 6.33 Å². The molecule has 1 N–H and O–H groups in total. The SMILES string of the molecule is Cn1cnnc1SC1CCCCC1O. The Bertz CT molecular complexity index is 302. The van der Waals surface area contributed by atoms with Crippen LogP contribution in [0.15, 0.2) is 11.5 Å². The second-order valence-electron chi connectivity index (χ2n) is 3.73. The van der Waals surface area contributed by atoms with E-state index in [-0.39, 0.29) is 6.10 Å². The Kier molecular flexibility index (Phi) is 3.08. The molecule has 2 rings (SSSR count). The molecule has 2 unspecified atom stereocenters. The summed E-state index contributed by atoms with van der Waals surface area (Å²) in [5, 5.41) is 18.8. The fourth-order valence-corrected chi connectivity index (χ4v) is 2.89. The van der Waals surface area contributed by atoms with Crippen molar-refractivity contribution in [2.24, 2.45) is 7.05 Å². The third-order valence-electron chi connectivity index (χ3n) is 2.59. The lowest BCUT2D eigenvalue weighted by molar-refractivity contribution is 0.137. The standard InChI is InChI=1S/C9H15N3OS/c1-12-6-10-11-9(12)14-8-5-3-2-4-7(8)13/h6-8,13H,2-5H2,1H3. The topological polar surface area (TPSA) is 50.9 Å². The van der Waals surface area contributed by atoms with Crippen molar-refractivity contribution in [1.82, 2.24) is 14.8 Å². The highest BCUT2D eigenvalue weighted by Gasteiger charge is 2.25. The van der Waals surface area contributed by atoms with Gasteiger partial charge in [0.25, 0.3) is 0 Å². The van der Waals surface area contributed by atoms with Gasteiger partial charge < -0.3 is 9.67 Å². The average molecular weight is 213 g/mol. The molecular weight excluding hydrogens is 198 g/mol. The second-order valence-corrected chi connectivity index (χ2v) is 4.94. The van der Waals surface area contributed by atoms with Gasteiger partial charge in [0.15, 0.2) is 5.16 Å². The summed E-state index contributed by atoms with van der Waals surface area (Å²) in [6, 6.07) is 0. The van der Waals surface area contributed by atoms with Crippen LogP contribution in [0.4, 0.5) is 0 Å². The summed E-state index contributed by atoms with van der Waals surface area (Å²) < 4.78 is 1.89. The van der Waals surface area contributed by atoms with Crippen LogP contribution in [-0.2, 0) is 7.05 Å². The van der Waals surface area contributed by atoms with Crippen LogP contribution in [0.5, 0.6) is 0 Å². The first-order valence-corrected chi connectivity index (χ1v) is 5.84. The fraction of sp³-hybridized carbons (Fsp3) is 0.778. The molecule has 2 atom stereocenters. The van der Waals surface area contributed by atoms with Crippen LogP contribution in [0, 0.1) is 0 Å². The number of hydrogen-bond donors (Lipinski definition) is 1. The number of aliphatic hydroxyl groups excluding tert-OH is 1. The number of aliphatic hydroxyl groups is 1. The molecule has 1 aromatic heterocycles. The largest absolute Gasteiger partial charge is 0.392 e. The van der Waals surface area contributed by atoms with Gasteiger partial charge in [-0.3, -0.25) is 0 Å². The van der Waals surface area contributed by atoms with Gasteiger partial charge >= 0.3 is 0 Å². The van der Waals surface area contributed by atoms with E-state index < -0.39 is 0 Å². The van der Waals surface area contributed by atoms with Crippen molar-refractivity contribution in [2.45, 2.75) is 42.2 Å². The normalized spacial score (nSPS) is 27.9. The number of hydrogen-bond acceptors (Lipinski definition) is 4. The summed E-state index contributed by atoms with van der Waals surface area (Å²) in [4.78, 5) is 0. The second kappa shape index (κ2) is 4.31. The van der Waals surface area contributed by atoms with Gasteiger partial charge in [0.05, 0.1) is 6.10 Å². The van der Waals surface area contributed by atoms with Gasteiger partial charge in [-0.05, 0) is 12.8 Å². The molecular formula is C9H15N3OS. The summed E-state index contributed by atoms with van der Waals surface area (Å²) in [6.45, 7) is 0. The zero-order valence-electron chi connectivity index (χ0n) is 8.26. The van der Waals surface area contributed by atoms with Crippen LogP contribution in [0.2, 0.25) is 0 Å². The molecule has 0 bridgehead atoms. The van der Waals surface area contributed by atoms with Crippen LogP contribution >= 0.6 is 11.8 Å². The quantitative estimate of drug-likeness (QED) is 0.802. The minimum absolute atomic E-state index is 0.176. The van der Waals surface area contributed by atoms with E-state index in [1.807, 2.05) is 11.6 Å². The molecule has 0 amide bonds. The highest BCUT2D eigenvalue weighted by molar-refractivity contribution is 7.99. The monoisotopic (exact) mass is 213 g/mol. The molecule has 5 heteroatoms. The van der Waals surface area contributed by atoms with E-state index in [0.717, 1.165) is 24.4 Å². The predicted octanol–water partition coefficient (Wildman–Crippen LogP) is 1.21. The summed E-state index contributed by atoms with van der Waals surface area (Å²) in [6.07, 6.45) is 5.89. The lowest BCUT2D eigenvalue weighted by atomic mass is 9.97. The number of rotatable bonds is 2. The molecule has 0 aromatic carbocycles. The first kappa shape index (κ1) is 9.98. The van der Waals surface area contributed by atoms with E-state index in [9.17, 15) is 5.11 Å². The lowest BCUT2D eigenvalue weighted by Crippen LogP contribution is -2.27. The Labute approximate surface area is 87.7 Å². The Balaban J connectivity index is 1.99. The molecule has 1 heterocycles. The fourth-order valence-electron chi connectivity index (χ4n) is 1.73. The van der Waals surface area contributed by atoms with Crippen molar-refractivity contribution < 1.29 is 5.11 Å². The molecule has 4 nitrogen and oxygen atoms in total.